The number of amides is 2. The first-order chi connectivity index (χ1) is 10.1. The maximum absolute atomic E-state index is 12.1. The number of carbonyl (C=O) groups excluding carboxylic acids is 2. The molecular weight excluding hydrogens is 270 g/mol. The van der Waals surface area contributed by atoms with Gasteiger partial charge in [-0.05, 0) is 23.8 Å². The summed E-state index contributed by atoms with van der Waals surface area (Å²) in [7, 11) is 0. The smallest absolute Gasteiger partial charge is 0.235 e. The van der Waals surface area contributed by atoms with E-state index in [0.29, 0.717) is 11.1 Å². The van der Waals surface area contributed by atoms with Gasteiger partial charge in [0.2, 0.25) is 11.8 Å². The molecule has 5 nitrogen and oxygen atoms in total. The first-order valence-corrected chi connectivity index (χ1v) is 6.49. The van der Waals surface area contributed by atoms with Gasteiger partial charge in [0.05, 0.1) is 11.8 Å². The highest BCUT2D eigenvalue weighted by Gasteiger charge is 2.44. The van der Waals surface area contributed by atoms with Crippen LogP contribution in [0.2, 0.25) is 0 Å². The lowest BCUT2D eigenvalue weighted by Crippen LogP contribution is -2.21. The average molecular weight is 283 g/mol. The molecule has 2 aromatic rings. The normalized spacial score (nSPS) is 21.3. The van der Waals surface area contributed by atoms with Crippen molar-refractivity contribution in [3.63, 3.8) is 0 Å². The summed E-state index contributed by atoms with van der Waals surface area (Å²) in [5.74, 6) is -2.26. The van der Waals surface area contributed by atoms with Gasteiger partial charge in [0.25, 0.3) is 0 Å². The van der Waals surface area contributed by atoms with Crippen molar-refractivity contribution in [2.45, 2.75) is 11.8 Å². The van der Waals surface area contributed by atoms with Crippen LogP contribution >= 0.6 is 0 Å². The number of phenols is 2. The summed E-state index contributed by atoms with van der Waals surface area (Å²) in [5.41, 5.74) is 1.03. The number of aromatic hydroxyl groups is 2. The van der Waals surface area contributed by atoms with Crippen LogP contribution in [0.1, 0.15) is 23.0 Å². The van der Waals surface area contributed by atoms with E-state index in [1.807, 2.05) is 0 Å². The van der Waals surface area contributed by atoms with E-state index in [2.05, 4.69) is 5.32 Å². The molecule has 3 N–H and O–H groups in total. The quantitative estimate of drug-likeness (QED) is 0.731. The summed E-state index contributed by atoms with van der Waals surface area (Å²) in [6.45, 7) is 0. The summed E-state index contributed by atoms with van der Waals surface area (Å²) in [5, 5.41) is 21.6. The fourth-order valence-corrected chi connectivity index (χ4v) is 2.68. The molecule has 0 radical (unpaired) electrons. The number of rotatable bonds is 2. The van der Waals surface area contributed by atoms with Gasteiger partial charge in [-0.1, -0.05) is 30.3 Å². The molecule has 2 aromatic carbocycles. The molecule has 5 heteroatoms. The molecule has 0 saturated carbocycles. The fraction of sp³-hybridized carbons (Fsp3) is 0.125. The van der Waals surface area contributed by atoms with E-state index in [0.717, 1.165) is 0 Å². The van der Waals surface area contributed by atoms with Gasteiger partial charge in [-0.2, -0.15) is 0 Å². The zero-order chi connectivity index (χ0) is 15.0. The Morgan fingerprint density at radius 1 is 0.810 bits per heavy atom. The molecule has 106 valence electrons. The van der Waals surface area contributed by atoms with Gasteiger partial charge in [0, 0.05) is 5.56 Å². The third kappa shape index (κ3) is 2.23. The monoisotopic (exact) mass is 283 g/mol. The second-order valence-electron chi connectivity index (χ2n) is 4.96. The zero-order valence-electron chi connectivity index (χ0n) is 11.0. The van der Waals surface area contributed by atoms with Gasteiger partial charge in [0.1, 0.15) is 11.5 Å². The van der Waals surface area contributed by atoms with Gasteiger partial charge in [-0.15, -0.1) is 0 Å². The number of hydrogen-bond donors (Lipinski definition) is 3. The summed E-state index contributed by atoms with van der Waals surface area (Å²) in [6, 6.07) is 12.6. The molecule has 2 unspecified atom stereocenters. The van der Waals surface area contributed by atoms with E-state index in [9.17, 15) is 19.8 Å². The minimum absolute atomic E-state index is 0.0175. The Morgan fingerprint density at radius 3 is 2.10 bits per heavy atom. The number of carbonyl (C=O) groups is 2. The Labute approximate surface area is 120 Å². The average Bonchev–Trinajstić information content (AvgIpc) is 2.75. The Bertz CT molecular complexity index is 708. The molecule has 3 rings (SSSR count). The van der Waals surface area contributed by atoms with Crippen LogP contribution < -0.4 is 5.32 Å². The lowest BCUT2D eigenvalue weighted by Gasteiger charge is -2.17. The lowest BCUT2D eigenvalue weighted by atomic mass is 9.83. The number of phenolic OH excluding ortho intramolecular Hbond substituents is 2. The van der Waals surface area contributed by atoms with Crippen molar-refractivity contribution >= 4 is 11.8 Å². The second-order valence-corrected chi connectivity index (χ2v) is 4.96. The number of nitrogens with one attached hydrogen (secondary N) is 1. The van der Waals surface area contributed by atoms with E-state index in [4.69, 9.17) is 0 Å². The molecule has 1 saturated heterocycles. The standard InChI is InChI=1S/C16H13NO4/c18-10-7-5-9(6-8-10)13-14(16(21)17-15(13)20)11-3-1-2-4-12(11)19/h1-8,13-14,18-19H,(H,17,20,21). The van der Waals surface area contributed by atoms with Crippen molar-refractivity contribution in [1.82, 2.24) is 5.32 Å². The van der Waals surface area contributed by atoms with Gasteiger partial charge < -0.3 is 10.2 Å². The van der Waals surface area contributed by atoms with Crippen LogP contribution in [0.5, 0.6) is 11.5 Å². The van der Waals surface area contributed by atoms with E-state index >= 15 is 0 Å². The van der Waals surface area contributed by atoms with Crippen LogP contribution in [0.15, 0.2) is 48.5 Å². The summed E-state index contributed by atoms with van der Waals surface area (Å²) in [6.07, 6.45) is 0. The van der Waals surface area contributed by atoms with Gasteiger partial charge >= 0.3 is 0 Å². The number of benzene rings is 2. The van der Waals surface area contributed by atoms with Crippen molar-refractivity contribution in [2.24, 2.45) is 0 Å². The Morgan fingerprint density at radius 2 is 1.43 bits per heavy atom. The van der Waals surface area contributed by atoms with Gasteiger partial charge in [-0.25, -0.2) is 0 Å². The highest BCUT2D eigenvalue weighted by atomic mass is 16.3. The molecule has 1 fully saturated rings. The van der Waals surface area contributed by atoms with E-state index in [1.165, 1.54) is 18.2 Å². The fourth-order valence-electron chi connectivity index (χ4n) is 2.68. The van der Waals surface area contributed by atoms with Gasteiger partial charge in [-0.3, -0.25) is 14.9 Å². The van der Waals surface area contributed by atoms with Crippen LogP contribution in [0.25, 0.3) is 0 Å². The minimum atomic E-state index is -0.775. The molecular formula is C16H13NO4. The molecule has 0 aliphatic carbocycles. The van der Waals surface area contributed by atoms with Crippen molar-refractivity contribution in [3.05, 3.63) is 59.7 Å². The molecule has 1 aliphatic heterocycles. The number of para-hydroxylation sites is 1. The third-order valence-electron chi connectivity index (χ3n) is 3.67. The molecule has 0 aromatic heterocycles. The largest absolute Gasteiger partial charge is 0.508 e. The molecule has 0 bridgehead atoms. The zero-order valence-corrected chi connectivity index (χ0v) is 11.0. The van der Waals surface area contributed by atoms with Crippen molar-refractivity contribution in [3.8, 4) is 11.5 Å². The maximum Gasteiger partial charge on any atom is 0.235 e. The molecule has 1 aliphatic rings. The molecule has 2 amide bonds. The van der Waals surface area contributed by atoms with Crippen LogP contribution in [-0.4, -0.2) is 22.0 Å². The molecule has 21 heavy (non-hydrogen) atoms. The van der Waals surface area contributed by atoms with E-state index < -0.39 is 23.7 Å². The van der Waals surface area contributed by atoms with Crippen molar-refractivity contribution in [2.75, 3.05) is 0 Å². The summed E-state index contributed by atoms with van der Waals surface area (Å²) < 4.78 is 0. The molecule has 2 atom stereocenters. The van der Waals surface area contributed by atoms with Crippen LogP contribution in [-0.2, 0) is 9.59 Å². The van der Waals surface area contributed by atoms with E-state index in [-0.39, 0.29) is 11.5 Å². The van der Waals surface area contributed by atoms with Crippen molar-refractivity contribution in [1.29, 1.82) is 0 Å². The van der Waals surface area contributed by atoms with Gasteiger partial charge in [0.15, 0.2) is 0 Å². The van der Waals surface area contributed by atoms with Crippen LogP contribution in [0, 0.1) is 0 Å². The third-order valence-corrected chi connectivity index (χ3v) is 3.67. The minimum Gasteiger partial charge on any atom is -0.508 e. The summed E-state index contributed by atoms with van der Waals surface area (Å²) in [4.78, 5) is 24.2. The first kappa shape index (κ1) is 13.2. The highest BCUT2D eigenvalue weighted by molar-refractivity contribution is 6.10. The molecule has 0 spiro atoms. The SMILES string of the molecule is O=C1NC(=O)C(c2ccccc2O)C1c1ccc(O)cc1. The summed E-state index contributed by atoms with van der Waals surface area (Å²) >= 11 is 0. The molecule has 1 heterocycles. The van der Waals surface area contributed by atoms with E-state index in [1.54, 1.807) is 30.3 Å². The van der Waals surface area contributed by atoms with Crippen LogP contribution in [0.3, 0.4) is 0 Å². The number of hydrogen-bond acceptors (Lipinski definition) is 4. The second kappa shape index (κ2) is 4.94. The van der Waals surface area contributed by atoms with Crippen LogP contribution in [0.4, 0.5) is 0 Å². The first-order valence-electron chi connectivity index (χ1n) is 6.49. The Balaban J connectivity index is 2.08. The highest BCUT2D eigenvalue weighted by Crippen LogP contribution is 2.41. The predicted octanol–water partition coefficient (Wildman–Crippen LogP) is 1.62. The van der Waals surface area contributed by atoms with Crippen molar-refractivity contribution < 1.29 is 19.8 Å². The maximum atomic E-state index is 12.1. The Hall–Kier alpha value is -2.82. The Kier molecular flexibility index (Phi) is 3.10. The predicted molar refractivity (Wildman–Crippen MR) is 74.8 cm³/mol. The topological polar surface area (TPSA) is 86.6 Å². The lowest BCUT2D eigenvalue weighted by molar-refractivity contribution is -0.125. The number of imide groups is 1.